The largest absolute Gasteiger partial charge is 0.483 e. The Labute approximate surface area is 117 Å². The normalized spacial score (nSPS) is 10.7. The monoisotopic (exact) mass is 287 g/mol. The Morgan fingerprint density at radius 3 is 2.45 bits per heavy atom. The fraction of sp³-hybridized carbons (Fsp3) is 0.500. The van der Waals surface area contributed by atoms with Crippen molar-refractivity contribution < 1.29 is 23.4 Å². The third-order valence-electron chi connectivity index (χ3n) is 2.83. The molecule has 20 heavy (non-hydrogen) atoms. The third-order valence-corrected chi connectivity index (χ3v) is 2.83. The number of rotatable bonds is 7. The lowest BCUT2D eigenvalue weighted by molar-refractivity contribution is -0.135. The molecule has 0 aromatic heterocycles. The lowest BCUT2D eigenvalue weighted by Gasteiger charge is -2.22. The van der Waals surface area contributed by atoms with Gasteiger partial charge in [-0.25, -0.2) is 8.78 Å². The van der Waals surface area contributed by atoms with Crippen molar-refractivity contribution in [2.75, 3.05) is 26.3 Å². The van der Waals surface area contributed by atoms with Crippen LogP contribution in [0.25, 0.3) is 0 Å². The van der Waals surface area contributed by atoms with Crippen LogP contribution in [-0.4, -0.2) is 48.6 Å². The number of aryl methyl sites for hydroxylation is 2. The second-order valence-corrected chi connectivity index (χ2v) is 4.46. The van der Waals surface area contributed by atoms with Gasteiger partial charge in [-0.05, 0) is 25.0 Å². The smallest absolute Gasteiger partial charge is 0.260 e. The summed E-state index contributed by atoms with van der Waals surface area (Å²) in [6.07, 6.45) is -2.63. The van der Waals surface area contributed by atoms with E-state index in [0.29, 0.717) is 5.75 Å². The molecule has 4 nitrogen and oxygen atoms in total. The maximum Gasteiger partial charge on any atom is 0.260 e. The fourth-order valence-corrected chi connectivity index (χ4v) is 1.86. The fourth-order valence-electron chi connectivity index (χ4n) is 1.86. The minimum absolute atomic E-state index is 0.126. The van der Waals surface area contributed by atoms with Crippen molar-refractivity contribution in [2.45, 2.75) is 20.3 Å². The number of carbonyl (C=O) groups is 1. The first-order chi connectivity index (χ1) is 9.45. The van der Waals surface area contributed by atoms with E-state index >= 15 is 0 Å². The molecular weight excluding hydrogens is 268 g/mol. The van der Waals surface area contributed by atoms with Crippen molar-refractivity contribution in [3.63, 3.8) is 0 Å². The van der Waals surface area contributed by atoms with Crippen molar-refractivity contribution >= 4 is 5.91 Å². The highest BCUT2D eigenvalue weighted by Crippen LogP contribution is 2.22. The number of aliphatic hydroxyl groups is 1. The van der Waals surface area contributed by atoms with E-state index in [-0.39, 0.29) is 19.8 Å². The van der Waals surface area contributed by atoms with Crippen molar-refractivity contribution in [3.05, 3.63) is 29.3 Å². The van der Waals surface area contributed by atoms with Gasteiger partial charge in [-0.1, -0.05) is 18.2 Å². The van der Waals surface area contributed by atoms with Crippen LogP contribution in [0.4, 0.5) is 8.78 Å². The van der Waals surface area contributed by atoms with E-state index < -0.39 is 18.9 Å². The topological polar surface area (TPSA) is 49.8 Å². The van der Waals surface area contributed by atoms with Crippen LogP contribution >= 0.6 is 0 Å². The van der Waals surface area contributed by atoms with Crippen LogP contribution in [0.5, 0.6) is 5.75 Å². The molecule has 0 aliphatic carbocycles. The molecule has 1 aromatic rings. The SMILES string of the molecule is Cc1cccc(C)c1OCC(=O)N(CCO)CC(F)F. The molecule has 112 valence electrons. The summed E-state index contributed by atoms with van der Waals surface area (Å²) in [6.45, 7) is 2.18. The first-order valence-electron chi connectivity index (χ1n) is 6.31. The molecule has 0 unspecified atom stereocenters. The van der Waals surface area contributed by atoms with Gasteiger partial charge in [0, 0.05) is 6.54 Å². The zero-order valence-electron chi connectivity index (χ0n) is 11.6. The van der Waals surface area contributed by atoms with E-state index in [2.05, 4.69) is 0 Å². The van der Waals surface area contributed by atoms with Crippen LogP contribution in [0, 0.1) is 13.8 Å². The van der Waals surface area contributed by atoms with Gasteiger partial charge in [0.05, 0.1) is 13.2 Å². The number of alkyl halides is 2. The molecule has 0 saturated carbocycles. The highest BCUT2D eigenvalue weighted by molar-refractivity contribution is 5.77. The van der Waals surface area contributed by atoms with E-state index in [0.717, 1.165) is 16.0 Å². The Morgan fingerprint density at radius 2 is 1.95 bits per heavy atom. The minimum atomic E-state index is -2.63. The van der Waals surface area contributed by atoms with E-state index in [9.17, 15) is 13.6 Å². The summed E-state index contributed by atoms with van der Waals surface area (Å²) in [5, 5.41) is 8.79. The van der Waals surface area contributed by atoms with Crippen LogP contribution in [0.3, 0.4) is 0 Å². The third kappa shape index (κ3) is 4.77. The van der Waals surface area contributed by atoms with Gasteiger partial charge in [0.15, 0.2) is 6.61 Å². The molecule has 0 fully saturated rings. The highest BCUT2D eigenvalue weighted by Gasteiger charge is 2.18. The summed E-state index contributed by atoms with van der Waals surface area (Å²) in [5.41, 5.74) is 1.75. The zero-order chi connectivity index (χ0) is 15.1. The number of hydrogen-bond donors (Lipinski definition) is 1. The molecule has 0 aliphatic heterocycles. The molecular formula is C14H19F2NO3. The number of halogens is 2. The van der Waals surface area contributed by atoms with Crippen molar-refractivity contribution in [2.24, 2.45) is 0 Å². The number of hydrogen-bond acceptors (Lipinski definition) is 3. The molecule has 0 spiro atoms. The zero-order valence-corrected chi connectivity index (χ0v) is 11.6. The van der Waals surface area contributed by atoms with Crippen LogP contribution < -0.4 is 4.74 Å². The van der Waals surface area contributed by atoms with Crippen molar-refractivity contribution in [1.29, 1.82) is 0 Å². The lowest BCUT2D eigenvalue weighted by Crippen LogP contribution is -2.40. The molecule has 0 bridgehead atoms. The predicted molar refractivity (Wildman–Crippen MR) is 71.1 cm³/mol. The number of amides is 1. The van der Waals surface area contributed by atoms with Crippen molar-refractivity contribution in [3.8, 4) is 5.75 Å². The Kier molecular flexibility index (Phi) is 6.38. The summed E-state index contributed by atoms with van der Waals surface area (Å²) in [6, 6.07) is 5.56. The Bertz CT molecular complexity index is 432. The van der Waals surface area contributed by atoms with Crippen LogP contribution in [0.1, 0.15) is 11.1 Å². The average Bonchev–Trinajstić information content (AvgIpc) is 2.37. The number of carbonyl (C=O) groups excluding carboxylic acids is 1. The second-order valence-electron chi connectivity index (χ2n) is 4.46. The van der Waals surface area contributed by atoms with E-state index in [1.165, 1.54) is 0 Å². The molecule has 0 heterocycles. The molecule has 1 N–H and O–H groups in total. The van der Waals surface area contributed by atoms with Crippen LogP contribution in [-0.2, 0) is 4.79 Å². The Balaban J connectivity index is 2.65. The lowest BCUT2D eigenvalue weighted by atomic mass is 10.1. The summed E-state index contributed by atoms with van der Waals surface area (Å²) in [7, 11) is 0. The van der Waals surface area contributed by atoms with Crippen molar-refractivity contribution in [1.82, 2.24) is 4.90 Å². The summed E-state index contributed by atoms with van der Waals surface area (Å²) in [4.78, 5) is 12.7. The number of nitrogens with zero attached hydrogens (tertiary/aromatic N) is 1. The number of ether oxygens (including phenoxy) is 1. The Hall–Kier alpha value is -1.69. The van der Waals surface area contributed by atoms with Gasteiger partial charge in [0.25, 0.3) is 12.3 Å². The molecule has 1 rings (SSSR count). The van der Waals surface area contributed by atoms with Crippen LogP contribution in [0.2, 0.25) is 0 Å². The number of aliphatic hydroxyl groups excluding tert-OH is 1. The van der Waals surface area contributed by atoms with Gasteiger partial charge in [0.2, 0.25) is 0 Å². The summed E-state index contributed by atoms with van der Waals surface area (Å²) in [5.74, 6) is 0.0175. The van der Waals surface area contributed by atoms with E-state index in [4.69, 9.17) is 9.84 Å². The average molecular weight is 287 g/mol. The first-order valence-corrected chi connectivity index (χ1v) is 6.31. The van der Waals surface area contributed by atoms with Gasteiger partial charge in [-0.15, -0.1) is 0 Å². The van der Waals surface area contributed by atoms with E-state index in [1.54, 1.807) is 0 Å². The minimum Gasteiger partial charge on any atom is -0.483 e. The standard InChI is InChI=1S/C14H19F2NO3/c1-10-4-3-5-11(2)14(10)20-9-13(19)17(6-7-18)8-12(15)16/h3-5,12,18H,6-9H2,1-2H3. The van der Waals surface area contributed by atoms with Gasteiger partial charge in [-0.2, -0.15) is 0 Å². The maximum atomic E-state index is 12.3. The molecule has 6 heteroatoms. The number of benzene rings is 1. The maximum absolute atomic E-state index is 12.3. The first kappa shape index (κ1) is 16.4. The van der Waals surface area contributed by atoms with Gasteiger partial charge < -0.3 is 14.7 Å². The molecule has 0 atom stereocenters. The van der Waals surface area contributed by atoms with E-state index in [1.807, 2.05) is 32.0 Å². The van der Waals surface area contributed by atoms with Gasteiger partial charge in [0.1, 0.15) is 5.75 Å². The van der Waals surface area contributed by atoms with Crippen LogP contribution in [0.15, 0.2) is 18.2 Å². The molecule has 0 saturated heterocycles. The molecule has 1 amide bonds. The molecule has 0 radical (unpaired) electrons. The molecule has 1 aromatic carbocycles. The Morgan fingerprint density at radius 1 is 1.35 bits per heavy atom. The predicted octanol–water partition coefficient (Wildman–Crippen LogP) is 1.77. The second kappa shape index (κ2) is 7.79. The summed E-state index contributed by atoms with van der Waals surface area (Å²) < 4.78 is 30.1. The number of para-hydroxylation sites is 1. The highest BCUT2D eigenvalue weighted by atomic mass is 19.3. The molecule has 0 aliphatic rings. The van der Waals surface area contributed by atoms with Gasteiger partial charge >= 0.3 is 0 Å². The van der Waals surface area contributed by atoms with Gasteiger partial charge in [-0.3, -0.25) is 4.79 Å². The quantitative estimate of drug-likeness (QED) is 0.831. The summed E-state index contributed by atoms with van der Waals surface area (Å²) >= 11 is 0.